The second-order valence-electron chi connectivity index (χ2n) is 6.83. The van der Waals surface area contributed by atoms with E-state index < -0.39 is 6.10 Å². The van der Waals surface area contributed by atoms with Crippen LogP contribution in [0.5, 0.6) is 0 Å². The molecule has 2 aromatic rings. The van der Waals surface area contributed by atoms with Crippen LogP contribution < -0.4 is 0 Å². The van der Waals surface area contributed by atoms with Crippen LogP contribution in [0.15, 0.2) is 54.6 Å². The van der Waals surface area contributed by atoms with E-state index in [9.17, 15) is 9.50 Å². The molecular formula is C20H22FNO. The second kappa shape index (κ2) is 5.73. The highest BCUT2D eigenvalue weighted by atomic mass is 19.1. The summed E-state index contributed by atoms with van der Waals surface area (Å²) in [6, 6.07) is 17.7. The molecule has 0 radical (unpaired) electrons. The lowest BCUT2D eigenvalue weighted by molar-refractivity contribution is -0.0666. The van der Waals surface area contributed by atoms with Crippen LogP contribution >= 0.6 is 0 Å². The molecule has 2 saturated heterocycles. The Morgan fingerprint density at radius 1 is 1.00 bits per heavy atom. The van der Waals surface area contributed by atoms with Crippen LogP contribution in [0.4, 0.5) is 4.39 Å². The Labute approximate surface area is 136 Å². The monoisotopic (exact) mass is 311 g/mol. The van der Waals surface area contributed by atoms with E-state index >= 15 is 0 Å². The quantitative estimate of drug-likeness (QED) is 0.931. The molecule has 2 nitrogen and oxygen atoms in total. The fraction of sp³-hybridized carbons (Fsp3) is 0.400. The van der Waals surface area contributed by atoms with Gasteiger partial charge in [-0.1, -0.05) is 42.5 Å². The number of aliphatic hydroxyl groups is 1. The summed E-state index contributed by atoms with van der Waals surface area (Å²) >= 11 is 0. The fourth-order valence-electron chi connectivity index (χ4n) is 4.55. The number of halogens is 1. The van der Waals surface area contributed by atoms with Gasteiger partial charge in [0.15, 0.2) is 0 Å². The van der Waals surface area contributed by atoms with Gasteiger partial charge in [-0.25, -0.2) is 4.39 Å². The maximum atomic E-state index is 13.4. The molecule has 120 valence electrons. The largest absolute Gasteiger partial charge is 0.391 e. The van der Waals surface area contributed by atoms with Gasteiger partial charge in [0.2, 0.25) is 0 Å². The van der Waals surface area contributed by atoms with E-state index in [1.54, 1.807) is 0 Å². The van der Waals surface area contributed by atoms with Gasteiger partial charge in [0.25, 0.3) is 0 Å². The molecule has 0 saturated carbocycles. The smallest absolute Gasteiger partial charge is 0.123 e. The molecule has 0 unspecified atom stereocenters. The van der Waals surface area contributed by atoms with Crippen molar-refractivity contribution in [3.63, 3.8) is 0 Å². The SMILES string of the molecule is O[C@@H]1CC[C@H]2CC[C@]1(c1ccc(F)cc1)N2Cc1ccccc1. The number of benzene rings is 2. The van der Waals surface area contributed by atoms with Crippen molar-refractivity contribution in [3.8, 4) is 0 Å². The summed E-state index contributed by atoms with van der Waals surface area (Å²) in [4.78, 5) is 2.46. The first-order valence-corrected chi connectivity index (χ1v) is 8.45. The van der Waals surface area contributed by atoms with E-state index in [1.807, 2.05) is 18.2 Å². The number of aliphatic hydroxyl groups excluding tert-OH is 1. The Bertz CT molecular complexity index is 672. The molecule has 2 fully saturated rings. The summed E-state index contributed by atoms with van der Waals surface area (Å²) in [5.41, 5.74) is 1.94. The molecule has 0 aromatic heterocycles. The first-order chi connectivity index (χ1) is 11.2. The van der Waals surface area contributed by atoms with E-state index in [1.165, 1.54) is 17.7 Å². The molecule has 3 heteroatoms. The zero-order valence-corrected chi connectivity index (χ0v) is 13.2. The van der Waals surface area contributed by atoms with Gasteiger partial charge < -0.3 is 5.11 Å². The third-order valence-corrected chi connectivity index (χ3v) is 5.68. The van der Waals surface area contributed by atoms with Gasteiger partial charge in [-0.3, -0.25) is 4.90 Å². The maximum absolute atomic E-state index is 13.4. The van der Waals surface area contributed by atoms with Crippen molar-refractivity contribution in [3.05, 3.63) is 71.5 Å². The Morgan fingerprint density at radius 2 is 1.74 bits per heavy atom. The summed E-state index contributed by atoms with van der Waals surface area (Å²) < 4.78 is 13.4. The van der Waals surface area contributed by atoms with Gasteiger partial charge >= 0.3 is 0 Å². The Balaban J connectivity index is 1.75. The highest BCUT2D eigenvalue weighted by Crippen LogP contribution is 2.51. The highest BCUT2D eigenvalue weighted by molar-refractivity contribution is 5.31. The van der Waals surface area contributed by atoms with Gasteiger partial charge in [-0.15, -0.1) is 0 Å². The third-order valence-electron chi connectivity index (χ3n) is 5.68. The second-order valence-corrected chi connectivity index (χ2v) is 6.83. The van der Waals surface area contributed by atoms with Gasteiger partial charge in [-0.2, -0.15) is 0 Å². The van der Waals surface area contributed by atoms with Crippen molar-refractivity contribution in [2.45, 2.75) is 49.9 Å². The molecule has 0 spiro atoms. The van der Waals surface area contributed by atoms with Crippen LogP contribution in [-0.2, 0) is 12.1 Å². The van der Waals surface area contributed by atoms with Gasteiger partial charge in [-0.05, 0) is 48.9 Å². The molecule has 4 rings (SSSR count). The summed E-state index contributed by atoms with van der Waals surface area (Å²) in [5, 5.41) is 10.9. The van der Waals surface area contributed by atoms with E-state index in [-0.39, 0.29) is 11.4 Å². The van der Waals surface area contributed by atoms with E-state index in [0.717, 1.165) is 37.8 Å². The number of nitrogens with zero attached hydrogens (tertiary/aromatic N) is 1. The van der Waals surface area contributed by atoms with Crippen LogP contribution in [0, 0.1) is 5.82 Å². The number of fused-ring (bicyclic) bond motifs is 2. The molecule has 2 aromatic carbocycles. The molecule has 2 heterocycles. The van der Waals surface area contributed by atoms with E-state index in [0.29, 0.717) is 6.04 Å². The normalized spacial score (nSPS) is 30.5. The van der Waals surface area contributed by atoms with Gasteiger partial charge in [0.1, 0.15) is 5.82 Å². The van der Waals surface area contributed by atoms with Crippen molar-refractivity contribution in [2.24, 2.45) is 0 Å². The van der Waals surface area contributed by atoms with E-state index in [2.05, 4.69) is 29.2 Å². The lowest BCUT2D eigenvalue weighted by Gasteiger charge is -2.48. The molecular weight excluding hydrogens is 289 g/mol. The van der Waals surface area contributed by atoms with Crippen LogP contribution in [0.2, 0.25) is 0 Å². The van der Waals surface area contributed by atoms with Crippen LogP contribution in [0.25, 0.3) is 0 Å². The van der Waals surface area contributed by atoms with Gasteiger partial charge in [0, 0.05) is 12.6 Å². The average Bonchev–Trinajstić information content (AvgIpc) is 2.84. The number of hydrogen-bond donors (Lipinski definition) is 1. The Kier molecular flexibility index (Phi) is 3.70. The molecule has 2 bridgehead atoms. The summed E-state index contributed by atoms with van der Waals surface area (Å²) in [6.07, 6.45) is 3.51. The fourth-order valence-corrected chi connectivity index (χ4v) is 4.55. The number of hydrogen-bond acceptors (Lipinski definition) is 2. The molecule has 0 amide bonds. The number of piperidine rings is 1. The van der Waals surface area contributed by atoms with Crippen LogP contribution in [0.1, 0.15) is 36.8 Å². The predicted octanol–water partition coefficient (Wildman–Crippen LogP) is 3.84. The van der Waals surface area contributed by atoms with Crippen LogP contribution in [-0.4, -0.2) is 22.2 Å². The molecule has 1 N–H and O–H groups in total. The van der Waals surface area contributed by atoms with E-state index in [4.69, 9.17) is 0 Å². The Morgan fingerprint density at radius 3 is 2.48 bits per heavy atom. The molecule has 0 aliphatic carbocycles. The van der Waals surface area contributed by atoms with Crippen molar-refractivity contribution in [2.75, 3.05) is 0 Å². The first-order valence-electron chi connectivity index (χ1n) is 8.45. The minimum absolute atomic E-state index is 0.223. The van der Waals surface area contributed by atoms with Crippen LogP contribution in [0.3, 0.4) is 0 Å². The minimum Gasteiger partial charge on any atom is -0.391 e. The molecule has 3 atom stereocenters. The third kappa shape index (κ3) is 2.39. The summed E-state index contributed by atoms with van der Waals surface area (Å²) in [5.74, 6) is -0.223. The summed E-state index contributed by atoms with van der Waals surface area (Å²) in [7, 11) is 0. The first kappa shape index (κ1) is 14.9. The van der Waals surface area contributed by atoms with Gasteiger partial charge in [0.05, 0.1) is 11.6 Å². The van der Waals surface area contributed by atoms with Crippen molar-refractivity contribution >= 4 is 0 Å². The standard InChI is InChI=1S/C20H22FNO/c21-17-8-6-16(7-9-17)20-13-12-18(10-11-19(20)23)22(20)14-15-4-2-1-3-5-15/h1-9,18-19,23H,10-14H2/t18-,19+,20+/m0/s1. The maximum Gasteiger partial charge on any atom is 0.123 e. The molecule has 23 heavy (non-hydrogen) atoms. The zero-order chi connectivity index (χ0) is 15.9. The summed E-state index contributed by atoms with van der Waals surface area (Å²) in [6.45, 7) is 0.833. The lowest BCUT2D eigenvalue weighted by atomic mass is 9.79. The average molecular weight is 311 g/mol. The topological polar surface area (TPSA) is 23.5 Å². The zero-order valence-electron chi connectivity index (χ0n) is 13.2. The Hall–Kier alpha value is -1.71. The predicted molar refractivity (Wildman–Crippen MR) is 88.3 cm³/mol. The minimum atomic E-state index is -0.393. The van der Waals surface area contributed by atoms with Crippen molar-refractivity contribution < 1.29 is 9.50 Å². The highest BCUT2D eigenvalue weighted by Gasteiger charge is 2.54. The molecule has 2 aliphatic heterocycles. The lowest BCUT2D eigenvalue weighted by Crippen LogP contribution is -2.55. The van der Waals surface area contributed by atoms with Crippen molar-refractivity contribution in [1.82, 2.24) is 4.90 Å². The molecule has 2 aliphatic rings. The van der Waals surface area contributed by atoms with Crippen molar-refractivity contribution in [1.29, 1.82) is 0 Å². The number of rotatable bonds is 3.